The molecule has 0 spiro atoms. The van der Waals surface area contributed by atoms with Crippen molar-refractivity contribution < 1.29 is 41.0 Å². The average molecular weight is 473 g/mol. The second kappa shape index (κ2) is 8.58. The Morgan fingerprint density at radius 1 is 1.24 bits per heavy atom. The minimum absolute atomic E-state index is 0.0239. The molecule has 3 rings (SSSR count). The van der Waals surface area contributed by atoms with E-state index in [-0.39, 0.29) is 16.8 Å². The number of primary amides is 1. The molecule has 0 radical (unpaired) electrons. The molecule has 0 aliphatic carbocycles. The van der Waals surface area contributed by atoms with Gasteiger partial charge in [0, 0.05) is 23.6 Å². The third-order valence-corrected chi connectivity index (χ3v) is 5.86. The average Bonchev–Trinajstić information content (AvgIpc) is 3.02. The molecule has 1 saturated heterocycles. The molecule has 7 nitrogen and oxygen atoms in total. The van der Waals surface area contributed by atoms with Crippen LogP contribution in [-0.4, -0.2) is 41.8 Å². The van der Waals surface area contributed by atoms with Gasteiger partial charge in [-0.3, -0.25) is 14.6 Å². The van der Waals surface area contributed by atoms with Gasteiger partial charge >= 0.3 is 6.18 Å². The number of anilines is 1. The summed E-state index contributed by atoms with van der Waals surface area (Å²) in [7, 11) is 1.03. The number of nitrogens with two attached hydrogens (primary N) is 1. The molecule has 33 heavy (non-hydrogen) atoms. The molecule has 1 aliphatic rings. The summed E-state index contributed by atoms with van der Waals surface area (Å²) in [5, 5.41) is 2.34. The summed E-state index contributed by atoms with van der Waals surface area (Å²) in [6, 6.07) is 2.97. The van der Waals surface area contributed by atoms with E-state index >= 15 is 0 Å². The topological polar surface area (TPSA) is 104 Å². The van der Waals surface area contributed by atoms with Gasteiger partial charge in [0.2, 0.25) is 11.7 Å². The van der Waals surface area contributed by atoms with Crippen molar-refractivity contribution >= 4 is 17.5 Å². The van der Waals surface area contributed by atoms with Gasteiger partial charge < -0.3 is 20.5 Å². The van der Waals surface area contributed by atoms with E-state index in [2.05, 4.69) is 10.3 Å². The summed E-state index contributed by atoms with van der Waals surface area (Å²) in [5.74, 6) is -7.92. The van der Waals surface area contributed by atoms with E-state index in [0.29, 0.717) is 0 Å². The maximum Gasteiger partial charge on any atom is 0.417 e. The minimum atomic E-state index is -4.89. The lowest BCUT2D eigenvalue weighted by atomic mass is 9.77. The molecular weight excluding hydrogens is 453 g/mol. The number of rotatable bonds is 5. The second-order valence-corrected chi connectivity index (χ2v) is 7.76. The minimum Gasteiger partial charge on any atom is -0.493 e. The predicted octanol–water partition coefficient (Wildman–Crippen LogP) is 3.55. The third kappa shape index (κ3) is 4.22. The Labute approximate surface area is 185 Å². The van der Waals surface area contributed by atoms with E-state index in [4.69, 9.17) is 15.2 Å². The van der Waals surface area contributed by atoms with E-state index in [1.54, 1.807) is 0 Å². The number of methoxy groups -OCH3 is 1. The molecule has 0 saturated carbocycles. The van der Waals surface area contributed by atoms with Crippen molar-refractivity contribution in [3.8, 4) is 5.75 Å². The molecule has 2 heterocycles. The quantitative estimate of drug-likeness (QED) is 0.647. The number of halogens is 5. The third-order valence-electron chi connectivity index (χ3n) is 5.86. The fraction of sp³-hybridized carbons (Fsp3) is 0.381. The molecule has 1 aromatic heterocycles. The molecule has 1 aliphatic heterocycles. The highest BCUT2D eigenvalue weighted by Gasteiger charge is 2.65. The fourth-order valence-corrected chi connectivity index (χ4v) is 3.90. The fourth-order valence-electron chi connectivity index (χ4n) is 3.90. The number of hydrogen-bond acceptors (Lipinski definition) is 5. The van der Waals surface area contributed by atoms with Crippen LogP contribution in [0.25, 0.3) is 0 Å². The maximum absolute atomic E-state index is 14.3. The SMILES string of the molecule is COc1c([C@H]2[C@@H](C(=O)Nc3cncc(C(N)=O)c3)O[C@@](C)(C(F)(F)F)[C@@H]2C)ccc(F)c1F. The molecular formula is C21H20F5N3O4. The van der Waals surface area contributed by atoms with Crippen molar-refractivity contribution in [2.45, 2.75) is 37.6 Å². The Kier molecular flexibility index (Phi) is 6.33. The van der Waals surface area contributed by atoms with Crippen LogP contribution in [0.15, 0.2) is 30.6 Å². The highest BCUT2D eigenvalue weighted by molar-refractivity contribution is 5.97. The van der Waals surface area contributed by atoms with E-state index < -0.39 is 58.9 Å². The Hall–Kier alpha value is -3.28. The highest BCUT2D eigenvalue weighted by Crippen LogP contribution is 2.54. The lowest BCUT2D eigenvalue weighted by molar-refractivity contribution is -0.272. The van der Waals surface area contributed by atoms with Crippen LogP contribution in [0.4, 0.5) is 27.6 Å². The number of benzene rings is 1. The van der Waals surface area contributed by atoms with Crippen LogP contribution >= 0.6 is 0 Å². The first-order valence-electron chi connectivity index (χ1n) is 9.64. The Bertz CT molecular complexity index is 1090. The molecule has 0 bridgehead atoms. The zero-order valence-corrected chi connectivity index (χ0v) is 17.7. The number of nitrogens with one attached hydrogen (secondary N) is 1. The van der Waals surface area contributed by atoms with Gasteiger partial charge in [-0.25, -0.2) is 4.39 Å². The highest BCUT2D eigenvalue weighted by atomic mass is 19.4. The van der Waals surface area contributed by atoms with Crippen LogP contribution in [0.1, 0.15) is 35.7 Å². The smallest absolute Gasteiger partial charge is 0.417 e. The van der Waals surface area contributed by atoms with Crippen LogP contribution in [0, 0.1) is 17.6 Å². The Morgan fingerprint density at radius 3 is 2.48 bits per heavy atom. The first-order chi connectivity index (χ1) is 15.3. The van der Waals surface area contributed by atoms with Crippen molar-refractivity contribution in [3.63, 3.8) is 0 Å². The number of carbonyl (C=O) groups is 2. The molecule has 12 heteroatoms. The Morgan fingerprint density at radius 2 is 1.91 bits per heavy atom. The van der Waals surface area contributed by atoms with Gasteiger partial charge in [-0.1, -0.05) is 13.0 Å². The molecule has 1 aromatic carbocycles. The molecule has 4 atom stereocenters. The van der Waals surface area contributed by atoms with Crippen LogP contribution in [0.2, 0.25) is 0 Å². The lowest BCUT2D eigenvalue weighted by Gasteiger charge is -2.32. The van der Waals surface area contributed by atoms with E-state index in [1.807, 2.05) is 0 Å². The van der Waals surface area contributed by atoms with Gasteiger partial charge in [-0.15, -0.1) is 0 Å². The van der Waals surface area contributed by atoms with Crippen LogP contribution in [0.5, 0.6) is 5.75 Å². The standard InChI is InChI=1S/C21H20F5N3O4/c1-9-14(12-4-5-13(22)15(23)16(12)32-3)17(33-20(9,2)21(24,25)26)19(31)29-11-6-10(18(27)30)7-28-8-11/h4-9,14,17H,1-3H3,(H2,27,30)(H,29,31)/t9-,14+,17+,20-/m1/s1. The zero-order chi connectivity index (χ0) is 24.7. The summed E-state index contributed by atoms with van der Waals surface area (Å²) < 4.78 is 80.0. The van der Waals surface area contributed by atoms with Gasteiger partial charge in [0.05, 0.1) is 24.6 Å². The van der Waals surface area contributed by atoms with Gasteiger partial charge in [0.15, 0.2) is 17.2 Å². The Balaban J connectivity index is 2.07. The number of aromatic nitrogens is 1. The van der Waals surface area contributed by atoms with Crippen molar-refractivity contribution in [2.24, 2.45) is 11.7 Å². The van der Waals surface area contributed by atoms with Crippen molar-refractivity contribution in [1.29, 1.82) is 0 Å². The zero-order valence-electron chi connectivity index (χ0n) is 17.7. The molecule has 3 N–H and O–H groups in total. The van der Waals surface area contributed by atoms with Gasteiger partial charge in [0.25, 0.3) is 5.91 Å². The number of pyridine rings is 1. The van der Waals surface area contributed by atoms with E-state index in [9.17, 15) is 31.5 Å². The molecule has 178 valence electrons. The first kappa shape index (κ1) is 24.4. The van der Waals surface area contributed by atoms with Crippen molar-refractivity contribution in [2.75, 3.05) is 12.4 Å². The summed E-state index contributed by atoms with van der Waals surface area (Å²) >= 11 is 0. The molecule has 2 aromatic rings. The summed E-state index contributed by atoms with van der Waals surface area (Å²) in [6.07, 6.45) is -4.37. The normalized spacial score (nSPS) is 25.0. The van der Waals surface area contributed by atoms with Crippen molar-refractivity contribution in [3.05, 3.63) is 53.4 Å². The van der Waals surface area contributed by atoms with Crippen LogP contribution in [0.3, 0.4) is 0 Å². The molecule has 2 amide bonds. The largest absolute Gasteiger partial charge is 0.493 e. The lowest BCUT2D eigenvalue weighted by Crippen LogP contribution is -2.47. The van der Waals surface area contributed by atoms with Gasteiger partial charge in [-0.05, 0) is 19.1 Å². The molecule has 1 fully saturated rings. The van der Waals surface area contributed by atoms with E-state index in [0.717, 1.165) is 38.6 Å². The number of amides is 2. The maximum atomic E-state index is 14.3. The van der Waals surface area contributed by atoms with Crippen molar-refractivity contribution in [1.82, 2.24) is 4.98 Å². The van der Waals surface area contributed by atoms with Crippen LogP contribution < -0.4 is 15.8 Å². The summed E-state index contributed by atoms with van der Waals surface area (Å²) in [4.78, 5) is 28.1. The number of ether oxygens (including phenoxy) is 2. The second-order valence-electron chi connectivity index (χ2n) is 7.76. The first-order valence-corrected chi connectivity index (χ1v) is 9.64. The monoisotopic (exact) mass is 473 g/mol. The van der Waals surface area contributed by atoms with Gasteiger partial charge in [0.1, 0.15) is 6.10 Å². The summed E-state index contributed by atoms with van der Waals surface area (Å²) in [6.45, 7) is 1.97. The number of hydrogen-bond donors (Lipinski definition) is 2. The number of carbonyl (C=O) groups excluding carboxylic acids is 2. The van der Waals surface area contributed by atoms with E-state index in [1.165, 1.54) is 13.0 Å². The van der Waals surface area contributed by atoms with Gasteiger partial charge in [-0.2, -0.15) is 17.6 Å². The number of nitrogens with zero attached hydrogens (tertiary/aromatic N) is 1. The molecule has 0 unspecified atom stereocenters. The van der Waals surface area contributed by atoms with Crippen LogP contribution in [-0.2, 0) is 9.53 Å². The predicted molar refractivity (Wildman–Crippen MR) is 106 cm³/mol. The summed E-state index contributed by atoms with van der Waals surface area (Å²) in [5.41, 5.74) is 2.15. The number of alkyl halides is 3.